The van der Waals surface area contributed by atoms with E-state index < -0.39 is 0 Å². The Morgan fingerprint density at radius 3 is 1.40 bits per heavy atom. The lowest BCUT2D eigenvalue weighted by Gasteiger charge is -1.91. The average Bonchev–Trinajstić information content (AvgIpc) is 3.22. The molecule has 0 bridgehead atoms. The van der Waals surface area contributed by atoms with E-state index >= 15 is 0 Å². The lowest BCUT2D eigenvalue weighted by atomic mass is 10.3. The second-order valence-corrected chi connectivity index (χ2v) is 6.45. The highest BCUT2D eigenvalue weighted by atomic mass is 32.1. The van der Waals surface area contributed by atoms with E-state index in [-0.39, 0.29) is 0 Å². The molecule has 0 aromatic carbocycles. The van der Waals surface area contributed by atoms with Crippen LogP contribution in [0.3, 0.4) is 0 Å². The second kappa shape index (κ2) is 4.81. The fourth-order valence-electron chi connectivity index (χ4n) is 2.04. The smallest absolute Gasteiger partial charge is 0.143 e. The zero-order valence-corrected chi connectivity index (χ0v) is 12.0. The van der Waals surface area contributed by atoms with E-state index in [2.05, 4.69) is 24.3 Å². The Kier molecular flexibility index (Phi) is 2.83. The van der Waals surface area contributed by atoms with Crippen LogP contribution in [0.15, 0.2) is 69.9 Å². The first-order valence-electron chi connectivity index (χ1n) is 6.18. The van der Waals surface area contributed by atoms with Crippen LogP contribution in [0.1, 0.15) is 0 Å². The number of rotatable bonds is 3. The molecule has 0 atom stereocenters. The van der Waals surface area contributed by atoms with Crippen molar-refractivity contribution in [3.63, 3.8) is 0 Å². The molecule has 0 radical (unpaired) electrons. The third-order valence-corrected chi connectivity index (χ3v) is 5.38. The molecule has 20 heavy (non-hydrogen) atoms. The molecule has 0 fully saturated rings. The summed E-state index contributed by atoms with van der Waals surface area (Å²) in [4.78, 5) is 4.80. The predicted octanol–water partition coefficient (Wildman–Crippen LogP) is 6.00. The van der Waals surface area contributed by atoms with Crippen LogP contribution < -0.4 is 0 Å². The minimum atomic E-state index is 0.920. The van der Waals surface area contributed by atoms with E-state index in [1.54, 1.807) is 35.2 Å². The first-order valence-corrected chi connectivity index (χ1v) is 7.81. The van der Waals surface area contributed by atoms with Gasteiger partial charge in [-0.2, -0.15) is 0 Å². The van der Waals surface area contributed by atoms with E-state index in [0.717, 1.165) is 21.3 Å². The summed E-state index contributed by atoms with van der Waals surface area (Å²) >= 11 is 3.48. The fourth-order valence-corrected chi connectivity index (χ4v) is 4.08. The maximum absolute atomic E-state index is 5.43. The molecular formula is C16H10O2S2. The van der Waals surface area contributed by atoms with E-state index in [1.807, 2.05) is 24.3 Å². The average molecular weight is 298 g/mol. The van der Waals surface area contributed by atoms with Crippen LogP contribution in [0.4, 0.5) is 0 Å². The predicted molar refractivity (Wildman–Crippen MR) is 83.0 cm³/mol. The third-order valence-electron chi connectivity index (χ3n) is 2.98. The van der Waals surface area contributed by atoms with Crippen LogP contribution in [-0.4, -0.2) is 0 Å². The standard InChI is InChI=1S/C16H10O2S2/c1-3-11(17-9-1)13-5-7-15(19-13)16-8-6-14(20-16)12-4-2-10-18-12/h1-10H. The molecule has 4 heteroatoms. The maximum Gasteiger partial charge on any atom is 0.143 e. The highest BCUT2D eigenvalue weighted by Crippen LogP contribution is 2.40. The number of thiophene rings is 2. The quantitative estimate of drug-likeness (QED) is 0.464. The molecule has 4 aromatic rings. The van der Waals surface area contributed by atoms with Gasteiger partial charge in [-0.25, -0.2) is 0 Å². The Bertz CT molecular complexity index is 734. The minimum absolute atomic E-state index is 0.920. The van der Waals surface area contributed by atoms with Crippen molar-refractivity contribution < 1.29 is 8.83 Å². The summed E-state index contributed by atoms with van der Waals surface area (Å²) in [6, 6.07) is 16.3. The van der Waals surface area contributed by atoms with Gasteiger partial charge in [0.2, 0.25) is 0 Å². The van der Waals surface area contributed by atoms with E-state index in [9.17, 15) is 0 Å². The van der Waals surface area contributed by atoms with Gasteiger partial charge in [0.15, 0.2) is 0 Å². The number of hydrogen-bond donors (Lipinski definition) is 0. The largest absolute Gasteiger partial charge is 0.464 e. The first-order chi connectivity index (χ1) is 9.90. The van der Waals surface area contributed by atoms with Crippen molar-refractivity contribution in [2.75, 3.05) is 0 Å². The molecule has 0 saturated heterocycles. The van der Waals surface area contributed by atoms with Gasteiger partial charge in [0.25, 0.3) is 0 Å². The van der Waals surface area contributed by atoms with Crippen LogP contribution in [0.5, 0.6) is 0 Å². The molecule has 0 unspecified atom stereocenters. The van der Waals surface area contributed by atoms with E-state index in [4.69, 9.17) is 8.83 Å². The van der Waals surface area contributed by atoms with Crippen molar-refractivity contribution in [2.24, 2.45) is 0 Å². The molecule has 0 spiro atoms. The highest BCUT2D eigenvalue weighted by molar-refractivity contribution is 7.25. The van der Waals surface area contributed by atoms with Gasteiger partial charge < -0.3 is 8.83 Å². The van der Waals surface area contributed by atoms with Gasteiger partial charge in [0.05, 0.1) is 22.3 Å². The SMILES string of the molecule is c1coc(-c2ccc(-c3ccc(-c4ccco4)s3)s2)c1. The Labute approximate surface area is 123 Å². The lowest BCUT2D eigenvalue weighted by Crippen LogP contribution is -1.60. The molecule has 98 valence electrons. The number of hydrogen-bond acceptors (Lipinski definition) is 4. The summed E-state index contributed by atoms with van der Waals surface area (Å²) < 4.78 is 10.9. The summed E-state index contributed by atoms with van der Waals surface area (Å²) in [6.45, 7) is 0. The zero-order chi connectivity index (χ0) is 13.4. The molecule has 4 rings (SSSR count). The normalized spacial score (nSPS) is 11.0. The second-order valence-electron chi connectivity index (χ2n) is 4.28. The minimum Gasteiger partial charge on any atom is -0.464 e. The van der Waals surface area contributed by atoms with Gasteiger partial charge >= 0.3 is 0 Å². The van der Waals surface area contributed by atoms with Crippen LogP contribution in [0.25, 0.3) is 31.0 Å². The molecule has 0 N–H and O–H groups in total. The van der Waals surface area contributed by atoms with Crippen LogP contribution in [0, 0.1) is 0 Å². The molecule has 0 amide bonds. The molecule has 4 aromatic heterocycles. The van der Waals surface area contributed by atoms with Gasteiger partial charge in [-0.05, 0) is 48.5 Å². The lowest BCUT2D eigenvalue weighted by molar-refractivity contribution is 0.583. The van der Waals surface area contributed by atoms with Crippen molar-refractivity contribution in [1.29, 1.82) is 0 Å². The molecule has 2 nitrogen and oxygen atoms in total. The summed E-state index contributed by atoms with van der Waals surface area (Å²) in [5.74, 6) is 1.84. The summed E-state index contributed by atoms with van der Waals surface area (Å²) in [7, 11) is 0. The Balaban J connectivity index is 1.68. The first kappa shape index (κ1) is 11.8. The summed E-state index contributed by atoms with van der Waals surface area (Å²) in [5, 5.41) is 0. The van der Waals surface area contributed by atoms with Crippen molar-refractivity contribution in [1.82, 2.24) is 0 Å². The molecule has 0 aliphatic carbocycles. The molecule has 0 aliphatic rings. The van der Waals surface area contributed by atoms with Gasteiger partial charge in [-0.15, -0.1) is 22.7 Å². The number of furan rings is 2. The van der Waals surface area contributed by atoms with Crippen molar-refractivity contribution >= 4 is 22.7 Å². The third kappa shape index (κ3) is 2.03. The molecular weight excluding hydrogens is 288 g/mol. The van der Waals surface area contributed by atoms with Crippen molar-refractivity contribution in [2.45, 2.75) is 0 Å². The van der Waals surface area contributed by atoms with E-state index in [0.29, 0.717) is 0 Å². The Morgan fingerprint density at radius 2 is 1.00 bits per heavy atom. The zero-order valence-electron chi connectivity index (χ0n) is 10.4. The van der Waals surface area contributed by atoms with Gasteiger partial charge in [-0.1, -0.05) is 0 Å². The maximum atomic E-state index is 5.43. The Hall–Kier alpha value is -2.04. The molecule has 4 heterocycles. The van der Waals surface area contributed by atoms with Gasteiger partial charge in [-0.3, -0.25) is 0 Å². The van der Waals surface area contributed by atoms with Crippen LogP contribution in [0.2, 0.25) is 0 Å². The molecule has 0 aliphatic heterocycles. The van der Waals surface area contributed by atoms with Gasteiger partial charge in [0, 0.05) is 9.75 Å². The van der Waals surface area contributed by atoms with Gasteiger partial charge in [0.1, 0.15) is 11.5 Å². The topological polar surface area (TPSA) is 26.3 Å². The van der Waals surface area contributed by atoms with Crippen molar-refractivity contribution in [3.8, 4) is 31.0 Å². The monoisotopic (exact) mass is 298 g/mol. The van der Waals surface area contributed by atoms with Crippen molar-refractivity contribution in [3.05, 3.63) is 61.1 Å². The molecule has 0 saturated carbocycles. The fraction of sp³-hybridized carbons (Fsp3) is 0. The van der Waals surface area contributed by atoms with Crippen LogP contribution in [-0.2, 0) is 0 Å². The highest BCUT2D eigenvalue weighted by Gasteiger charge is 2.10. The summed E-state index contributed by atoms with van der Waals surface area (Å²) in [5.41, 5.74) is 0. The summed E-state index contributed by atoms with van der Waals surface area (Å²) in [6.07, 6.45) is 3.41. The Morgan fingerprint density at radius 1 is 0.550 bits per heavy atom. The van der Waals surface area contributed by atoms with Crippen LogP contribution >= 0.6 is 22.7 Å². The van der Waals surface area contributed by atoms with E-state index in [1.165, 1.54) is 9.75 Å².